The molecule has 0 spiro atoms. The molecule has 12 rings (SSSR count). The van der Waals surface area contributed by atoms with E-state index in [9.17, 15) is 0 Å². The smallest absolute Gasteiger partial charge is 0.166 e. The molecule has 0 unspecified atom stereocenters. The molecule has 9 aromatic carbocycles. The lowest BCUT2D eigenvalue weighted by Crippen LogP contribution is -2.03. The Morgan fingerprint density at radius 1 is 0.283 bits per heavy atom. The summed E-state index contributed by atoms with van der Waals surface area (Å²) in [5.74, 6) is 1.84. The number of benzene rings is 9. The predicted molar refractivity (Wildman–Crippen MR) is 248 cm³/mol. The van der Waals surface area contributed by atoms with Gasteiger partial charge in [-0.1, -0.05) is 146 Å². The summed E-state index contributed by atoms with van der Waals surface area (Å²) in [4.78, 5) is 15.9. The summed E-state index contributed by atoms with van der Waals surface area (Å²) >= 11 is 0. The first-order valence-corrected chi connectivity index (χ1v) is 20.3. The molecule has 0 fully saturated rings. The number of para-hydroxylation sites is 4. The second kappa shape index (κ2) is 13.8. The van der Waals surface area contributed by atoms with Crippen molar-refractivity contribution in [3.8, 4) is 56.7 Å². The second-order valence-corrected chi connectivity index (χ2v) is 15.3. The topological polar surface area (TPSA) is 48.5 Å². The number of nitrogens with zero attached hydrogens (tertiary/aromatic N) is 5. The first-order valence-electron chi connectivity index (χ1n) is 20.3. The molecule has 0 aliphatic heterocycles. The fraction of sp³-hybridized carbons (Fsp3) is 0. The minimum Gasteiger partial charge on any atom is -0.309 e. The minimum atomic E-state index is 0.608. The van der Waals surface area contributed by atoms with E-state index >= 15 is 0 Å². The van der Waals surface area contributed by atoms with Crippen molar-refractivity contribution in [2.24, 2.45) is 0 Å². The summed E-state index contributed by atoms with van der Waals surface area (Å²) in [5.41, 5.74) is 11.7. The van der Waals surface area contributed by atoms with Crippen LogP contribution in [0.1, 0.15) is 0 Å². The van der Waals surface area contributed by atoms with Crippen LogP contribution in [0.3, 0.4) is 0 Å². The molecule has 60 heavy (non-hydrogen) atoms. The Hall–Kier alpha value is -8.15. The number of fused-ring (bicyclic) bond motifs is 7. The van der Waals surface area contributed by atoms with Crippen LogP contribution in [0.5, 0.6) is 0 Å². The molecule has 5 nitrogen and oxygen atoms in total. The van der Waals surface area contributed by atoms with E-state index in [4.69, 9.17) is 15.0 Å². The molecule has 0 saturated carbocycles. The molecule has 12 aromatic rings. The summed E-state index contributed by atoms with van der Waals surface area (Å²) in [7, 11) is 0. The van der Waals surface area contributed by atoms with Crippen LogP contribution in [0, 0.1) is 0 Å². The zero-order valence-corrected chi connectivity index (χ0v) is 32.4. The van der Waals surface area contributed by atoms with Crippen molar-refractivity contribution in [3.63, 3.8) is 0 Å². The Morgan fingerprint density at radius 2 is 0.783 bits per heavy atom. The first kappa shape index (κ1) is 33.9. The van der Waals surface area contributed by atoms with Crippen LogP contribution in [0.15, 0.2) is 212 Å². The lowest BCUT2D eigenvalue weighted by atomic mass is 10.0. The largest absolute Gasteiger partial charge is 0.309 e. The van der Waals surface area contributed by atoms with Gasteiger partial charge in [-0.25, -0.2) is 15.0 Å². The Balaban J connectivity index is 1.09. The van der Waals surface area contributed by atoms with Crippen LogP contribution in [0.4, 0.5) is 0 Å². The molecular formula is C55H35N5. The highest BCUT2D eigenvalue weighted by molar-refractivity contribution is 6.14. The molecule has 0 aliphatic carbocycles. The molecule has 0 saturated heterocycles. The van der Waals surface area contributed by atoms with Crippen LogP contribution in [-0.4, -0.2) is 24.1 Å². The molecule has 3 heterocycles. The summed E-state index contributed by atoms with van der Waals surface area (Å²) in [5, 5.41) is 7.13. The monoisotopic (exact) mass is 765 g/mol. The second-order valence-electron chi connectivity index (χ2n) is 15.3. The molecule has 280 valence electrons. The van der Waals surface area contributed by atoms with Crippen molar-refractivity contribution in [1.29, 1.82) is 0 Å². The van der Waals surface area contributed by atoms with Crippen molar-refractivity contribution >= 4 is 54.4 Å². The van der Waals surface area contributed by atoms with Crippen LogP contribution < -0.4 is 0 Å². The Labute approximate surface area is 346 Å². The fourth-order valence-electron chi connectivity index (χ4n) is 8.94. The molecule has 0 aliphatic rings. The maximum atomic E-state index is 5.35. The van der Waals surface area contributed by atoms with E-state index in [1.807, 2.05) is 6.07 Å². The van der Waals surface area contributed by atoms with Gasteiger partial charge in [0.05, 0.1) is 27.8 Å². The van der Waals surface area contributed by atoms with Gasteiger partial charge in [0.2, 0.25) is 0 Å². The normalized spacial score (nSPS) is 11.7. The summed E-state index contributed by atoms with van der Waals surface area (Å²) in [6, 6.07) is 75.0. The van der Waals surface area contributed by atoms with E-state index in [2.05, 4.69) is 215 Å². The zero-order valence-electron chi connectivity index (χ0n) is 32.4. The van der Waals surface area contributed by atoms with Crippen LogP contribution in [0.25, 0.3) is 111 Å². The Morgan fingerprint density at radius 3 is 1.53 bits per heavy atom. The van der Waals surface area contributed by atoms with Crippen molar-refractivity contribution < 1.29 is 0 Å². The molecule has 0 N–H and O–H groups in total. The van der Waals surface area contributed by atoms with Gasteiger partial charge in [-0.05, 0) is 88.6 Å². The third-order valence-corrected chi connectivity index (χ3v) is 11.8. The van der Waals surface area contributed by atoms with E-state index in [1.54, 1.807) is 0 Å². The van der Waals surface area contributed by atoms with E-state index in [-0.39, 0.29) is 0 Å². The SMILES string of the molecule is c1ccc(-c2ccc(-c3nc(-c4ccc5c(c4)c4ccccc4n5-c4ccccc4)nc(-c4ccccc4-n4c5ccccc5c5cc6ccccc6cc54)n3)cc2)cc1. The lowest BCUT2D eigenvalue weighted by Gasteiger charge is -2.15. The minimum absolute atomic E-state index is 0.608. The molecule has 0 amide bonds. The van der Waals surface area contributed by atoms with Crippen molar-refractivity contribution in [1.82, 2.24) is 24.1 Å². The third-order valence-electron chi connectivity index (χ3n) is 11.8. The Bertz CT molecular complexity index is 3580. The predicted octanol–water partition coefficient (Wildman–Crippen LogP) is 13.9. The zero-order chi connectivity index (χ0) is 39.6. The van der Waals surface area contributed by atoms with Crippen LogP contribution in [0.2, 0.25) is 0 Å². The third kappa shape index (κ3) is 5.52. The maximum Gasteiger partial charge on any atom is 0.166 e. The van der Waals surface area contributed by atoms with Crippen molar-refractivity contribution in [2.45, 2.75) is 0 Å². The molecule has 0 bridgehead atoms. The lowest BCUT2D eigenvalue weighted by molar-refractivity contribution is 1.06. The van der Waals surface area contributed by atoms with Gasteiger partial charge < -0.3 is 9.13 Å². The number of rotatable bonds is 6. The number of hydrogen-bond donors (Lipinski definition) is 0. The quantitative estimate of drug-likeness (QED) is 0.169. The highest BCUT2D eigenvalue weighted by Gasteiger charge is 2.21. The fourth-order valence-corrected chi connectivity index (χ4v) is 8.94. The maximum absolute atomic E-state index is 5.35. The standard InChI is InChI=1S/C55H35N5/c1-3-15-36(16-4-1)37-27-29-38(30-28-37)53-56-54(41-31-32-51-46(34-41)43-21-9-12-24-48(43)59(51)42-19-5-2-6-20-42)58-55(57-53)45-23-11-14-26-50(45)60-49-25-13-10-22-44(49)47-33-39-17-7-8-18-40(39)35-52(47)60/h1-35H. The molecule has 3 aromatic heterocycles. The van der Waals surface area contributed by atoms with Crippen LogP contribution in [-0.2, 0) is 0 Å². The molecular weight excluding hydrogens is 731 g/mol. The van der Waals surface area contributed by atoms with Gasteiger partial charge in [0.25, 0.3) is 0 Å². The van der Waals surface area contributed by atoms with Crippen LogP contribution >= 0.6 is 0 Å². The summed E-state index contributed by atoms with van der Waals surface area (Å²) < 4.78 is 4.70. The van der Waals surface area contributed by atoms with Crippen molar-refractivity contribution in [3.05, 3.63) is 212 Å². The van der Waals surface area contributed by atoms with Gasteiger partial charge in [-0.3, -0.25) is 0 Å². The van der Waals surface area contributed by atoms with E-state index in [0.717, 1.165) is 66.6 Å². The highest BCUT2D eigenvalue weighted by atomic mass is 15.1. The number of aromatic nitrogens is 5. The van der Waals surface area contributed by atoms with E-state index in [1.165, 1.54) is 26.9 Å². The molecule has 5 heteroatoms. The van der Waals surface area contributed by atoms with E-state index in [0.29, 0.717) is 17.5 Å². The van der Waals surface area contributed by atoms with Gasteiger partial charge >= 0.3 is 0 Å². The van der Waals surface area contributed by atoms with Gasteiger partial charge in [0.15, 0.2) is 17.5 Å². The van der Waals surface area contributed by atoms with E-state index < -0.39 is 0 Å². The Kier molecular flexibility index (Phi) is 7.78. The van der Waals surface area contributed by atoms with Gasteiger partial charge in [0.1, 0.15) is 0 Å². The van der Waals surface area contributed by atoms with Gasteiger partial charge in [-0.2, -0.15) is 0 Å². The molecule has 0 radical (unpaired) electrons. The molecule has 0 atom stereocenters. The van der Waals surface area contributed by atoms with Crippen molar-refractivity contribution in [2.75, 3.05) is 0 Å². The first-order chi connectivity index (χ1) is 29.7. The average molecular weight is 766 g/mol. The summed E-state index contributed by atoms with van der Waals surface area (Å²) in [6.07, 6.45) is 0. The summed E-state index contributed by atoms with van der Waals surface area (Å²) in [6.45, 7) is 0. The average Bonchev–Trinajstić information content (AvgIpc) is 3.83. The van der Waals surface area contributed by atoms with Gasteiger partial charge in [-0.15, -0.1) is 0 Å². The number of hydrogen-bond acceptors (Lipinski definition) is 3. The highest BCUT2D eigenvalue weighted by Crippen LogP contribution is 2.39. The van der Waals surface area contributed by atoms with Gasteiger partial charge in [0, 0.05) is 43.9 Å².